The average Bonchev–Trinajstić information content (AvgIpc) is 3.00. The van der Waals surface area contributed by atoms with Gasteiger partial charge in [0.25, 0.3) is 5.91 Å². The highest BCUT2D eigenvalue weighted by Crippen LogP contribution is 2.29. The van der Waals surface area contributed by atoms with Crippen LogP contribution in [0.2, 0.25) is 5.02 Å². The topological polar surface area (TPSA) is 54.7 Å². The number of carbonyl (C=O) groups excluding carboxylic acids is 1. The minimum absolute atomic E-state index is 0.255. The van der Waals surface area contributed by atoms with Gasteiger partial charge < -0.3 is 14.5 Å². The molecule has 0 aliphatic carbocycles. The van der Waals surface area contributed by atoms with Gasteiger partial charge in [-0.25, -0.2) is 0 Å². The number of anilines is 1. The molecule has 1 aliphatic heterocycles. The fourth-order valence-corrected chi connectivity index (χ4v) is 3.54. The molecule has 4 rings (SSSR count). The number of nitrogens with one attached hydrogen (secondary N) is 1. The van der Waals surface area contributed by atoms with Crippen LogP contribution in [0.15, 0.2) is 46.9 Å². The maximum absolute atomic E-state index is 12.9. The van der Waals surface area contributed by atoms with Crippen LogP contribution < -0.4 is 5.32 Å². The van der Waals surface area contributed by atoms with Crippen LogP contribution in [0, 0.1) is 6.92 Å². The van der Waals surface area contributed by atoms with E-state index < -0.39 is 0 Å². The van der Waals surface area contributed by atoms with E-state index >= 15 is 0 Å². The molecule has 3 aromatic rings. The third-order valence-electron chi connectivity index (χ3n) is 4.87. The molecule has 2 aromatic carbocycles. The summed E-state index contributed by atoms with van der Waals surface area (Å²) in [7, 11) is 0. The minimum atomic E-state index is -0.255. The summed E-state index contributed by atoms with van der Waals surface area (Å²) < 4.78 is 11.2. The molecule has 1 N–H and O–H groups in total. The predicted octanol–water partition coefficient (Wildman–Crippen LogP) is 4.48. The molecule has 1 saturated heterocycles. The third-order valence-corrected chi connectivity index (χ3v) is 5.10. The number of benzene rings is 2. The van der Waals surface area contributed by atoms with Crippen molar-refractivity contribution in [3.8, 4) is 0 Å². The van der Waals surface area contributed by atoms with Crippen molar-refractivity contribution < 1.29 is 13.9 Å². The monoisotopic (exact) mass is 384 g/mol. The molecule has 5 nitrogen and oxygen atoms in total. The highest BCUT2D eigenvalue weighted by atomic mass is 35.5. The second-order valence-electron chi connectivity index (χ2n) is 6.70. The normalized spacial score (nSPS) is 15.2. The molecule has 0 unspecified atom stereocenters. The van der Waals surface area contributed by atoms with E-state index in [1.807, 2.05) is 37.3 Å². The first-order valence-corrected chi connectivity index (χ1v) is 9.37. The zero-order chi connectivity index (χ0) is 18.8. The van der Waals surface area contributed by atoms with Gasteiger partial charge in [0.1, 0.15) is 5.58 Å². The van der Waals surface area contributed by atoms with Crippen molar-refractivity contribution in [3.05, 3.63) is 64.4 Å². The lowest BCUT2D eigenvalue weighted by atomic mass is 10.1. The molecule has 1 aliphatic rings. The van der Waals surface area contributed by atoms with E-state index in [0.29, 0.717) is 16.4 Å². The Morgan fingerprint density at radius 2 is 1.96 bits per heavy atom. The molecular weight excluding hydrogens is 364 g/mol. The van der Waals surface area contributed by atoms with E-state index in [-0.39, 0.29) is 5.91 Å². The number of halogens is 1. The summed E-state index contributed by atoms with van der Waals surface area (Å²) in [5, 5.41) is 4.48. The van der Waals surface area contributed by atoms with Gasteiger partial charge >= 0.3 is 0 Å². The Bertz CT molecular complexity index is 977. The van der Waals surface area contributed by atoms with Crippen LogP contribution in [-0.2, 0) is 11.3 Å². The number of nitrogens with zero attached hydrogens (tertiary/aromatic N) is 1. The second-order valence-corrected chi connectivity index (χ2v) is 7.13. The number of rotatable bonds is 4. The molecule has 0 saturated carbocycles. The number of amides is 1. The summed E-state index contributed by atoms with van der Waals surface area (Å²) in [4.78, 5) is 15.2. The molecule has 0 spiro atoms. The van der Waals surface area contributed by atoms with Crippen molar-refractivity contribution >= 4 is 34.2 Å². The second kappa shape index (κ2) is 7.72. The maximum atomic E-state index is 12.9. The van der Waals surface area contributed by atoms with Crippen LogP contribution in [0.5, 0.6) is 0 Å². The van der Waals surface area contributed by atoms with Gasteiger partial charge in [-0.1, -0.05) is 29.8 Å². The molecule has 140 valence electrons. The summed E-state index contributed by atoms with van der Waals surface area (Å²) in [6.07, 6.45) is 0. The lowest BCUT2D eigenvalue weighted by Crippen LogP contribution is -2.35. The number of hydrogen-bond acceptors (Lipinski definition) is 4. The third kappa shape index (κ3) is 3.86. The summed E-state index contributed by atoms with van der Waals surface area (Å²) >= 11 is 6.07. The van der Waals surface area contributed by atoms with Crippen molar-refractivity contribution in [2.75, 3.05) is 31.6 Å². The van der Waals surface area contributed by atoms with Gasteiger partial charge in [-0.2, -0.15) is 0 Å². The van der Waals surface area contributed by atoms with E-state index in [1.165, 1.54) is 0 Å². The Kier molecular flexibility index (Phi) is 5.16. The Morgan fingerprint density at radius 3 is 2.78 bits per heavy atom. The van der Waals surface area contributed by atoms with Crippen molar-refractivity contribution in [1.29, 1.82) is 0 Å². The van der Waals surface area contributed by atoms with Gasteiger partial charge in [0.05, 0.1) is 13.2 Å². The highest BCUT2D eigenvalue weighted by molar-refractivity contribution is 6.31. The van der Waals surface area contributed by atoms with Gasteiger partial charge in [0.15, 0.2) is 5.76 Å². The Morgan fingerprint density at radius 1 is 1.19 bits per heavy atom. The van der Waals surface area contributed by atoms with Crippen LogP contribution >= 0.6 is 11.6 Å². The van der Waals surface area contributed by atoms with E-state index in [4.69, 9.17) is 20.8 Å². The molecule has 1 amide bonds. The molecule has 0 atom stereocenters. The average molecular weight is 385 g/mol. The number of aryl methyl sites for hydroxylation is 1. The summed E-state index contributed by atoms with van der Waals surface area (Å²) in [6, 6.07) is 13.2. The largest absolute Gasteiger partial charge is 0.451 e. The summed E-state index contributed by atoms with van der Waals surface area (Å²) in [5.74, 6) is 0.0580. The fraction of sp³-hybridized carbons (Fsp3) is 0.286. The summed E-state index contributed by atoms with van der Waals surface area (Å²) in [5.41, 5.74) is 3.32. The quantitative estimate of drug-likeness (QED) is 0.720. The molecule has 1 fully saturated rings. The Labute approximate surface area is 162 Å². The van der Waals surface area contributed by atoms with E-state index in [1.54, 1.807) is 12.1 Å². The minimum Gasteiger partial charge on any atom is -0.451 e. The maximum Gasteiger partial charge on any atom is 0.291 e. The van der Waals surface area contributed by atoms with E-state index in [9.17, 15) is 4.79 Å². The van der Waals surface area contributed by atoms with Gasteiger partial charge in [0.2, 0.25) is 0 Å². The first kappa shape index (κ1) is 18.0. The molecule has 2 heterocycles. The first-order chi connectivity index (χ1) is 13.1. The number of furan rings is 1. The molecule has 6 heteroatoms. The van der Waals surface area contributed by atoms with Crippen LogP contribution in [0.1, 0.15) is 21.7 Å². The Hall–Kier alpha value is -2.34. The van der Waals surface area contributed by atoms with Crippen LogP contribution in [0.25, 0.3) is 11.0 Å². The number of ether oxygens (including phenoxy) is 1. The van der Waals surface area contributed by atoms with Gasteiger partial charge in [-0.15, -0.1) is 0 Å². The van der Waals surface area contributed by atoms with Crippen molar-refractivity contribution in [3.63, 3.8) is 0 Å². The fourth-order valence-electron chi connectivity index (χ4n) is 3.37. The van der Waals surface area contributed by atoms with Gasteiger partial charge in [0, 0.05) is 41.3 Å². The van der Waals surface area contributed by atoms with Crippen molar-refractivity contribution in [1.82, 2.24) is 4.90 Å². The highest BCUT2D eigenvalue weighted by Gasteiger charge is 2.20. The van der Waals surface area contributed by atoms with Crippen molar-refractivity contribution in [2.45, 2.75) is 13.5 Å². The van der Waals surface area contributed by atoms with E-state index in [0.717, 1.165) is 55.0 Å². The van der Waals surface area contributed by atoms with E-state index in [2.05, 4.69) is 10.2 Å². The van der Waals surface area contributed by atoms with Gasteiger partial charge in [-0.05, 0) is 36.8 Å². The van der Waals surface area contributed by atoms with Gasteiger partial charge in [-0.3, -0.25) is 9.69 Å². The first-order valence-electron chi connectivity index (χ1n) is 9.00. The molecule has 27 heavy (non-hydrogen) atoms. The molecule has 1 aromatic heterocycles. The zero-order valence-electron chi connectivity index (χ0n) is 15.1. The molecular formula is C21H21ClN2O3. The molecule has 0 bridgehead atoms. The lowest BCUT2D eigenvalue weighted by Gasteiger charge is -2.27. The number of carbonyl (C=O) groups is 1. The number of hydrogen-bond donors (Lipinski definition) is 1. The number of para-hydroxylation sites is 1. The Balaban J connectivity index is 1.57. The standard InChI is InChI=1S/C21H21ClN2O3/c1-14-17-12-16(22)6-7-19(17)27-20(14)21(25)23-18-5-3-2-4-15(18)13-24-8-10-26-11-9-24/h2-7,12H,8-11,13H2,1H3,(H,23,25). The molecule has 0 radical (unpaired) electrons. The zero-order valence-corrected chi connectivity index (χ0v) is 15.9. The smallest absolute Gasteiger partial charge is 0.291 e. The van der Waals surface area contributed by atoms with Crippen molar-refractivity contribution in [2.24, 2.45) is 0 Å². The lowest BCUT2D eigenvalue weighted by molar-refractivity contribution is 0.0342. The van der Waals surface area contributed by atoms with Crippen LogP contribution in [0.3, 0.4) is 0 Å². The SMILES string of the molecule is Cc1c(C(=O)Nc2ccccc2CN2CCOCC2)oc2ccc(Cl)cc12. The predicted molar refractivity (Wildman–Crippen MR) is 106 cm³/mol. The van der Waals surface area contributed by atoms with Crippen LogP contribution in [-0.4, -0.2) is 37.1 Å². The number of morpholine rings is 1. The van der Waals surface area contributed by atoms with Crippen LogP contribution in [0.4, 0.5) is 5.69 Å². The number of fused-ring (bicyclic) bond motifs is 1. The summed E-state index contributed by atoms with van der Waals surface area (Å²) in [6.45, 7) is 5.92.